The maximum absolute atomic E-state index is 13.3. The van der Waals surface area contributed by atoms with Gasteiger partial charge in [-0.2, -0.15) is 0 Å². The summed E-state index contributed by atoms with van der Waals surface area (Å²) < 4.78 is 0. The Bertz CT molecular complexity index is 959. The highest BCUT2D eigenvalue weighted by atomic mass is 35.5. The number of aromatic nitrogens is 1. The molecule has 2 aromatic rings. The molecular weight excluding hydrogens is 414 g/mol. The van der Waals surface area contributed by atoms with Crippen molar-refractivity contribution >= 4 is 40.6 Å². The van der Waals surface area contributed by atoms with Gasteiger partial charge in [0.05, 0.1) is 16.9 Å². The van der Waals surface area contributed by atoms with E-state index >= 15 is 0 Å². The molecule has 1 aromatic heterocycles. The average Bonchev–Trinajstić information content (AvgIpc) is 2.88. The molecule has 31 heavy (non-hydrogen) atoms. The fraction of sp³-hybridized carbons (Fsp3) is 0.435. The van der Waals surface area contributed by atoms with Crippen molar-refractivity contribution in [1.82, 2.24) is 14.8 Å². The molecular formula is C23H28ClN5O2. The second-order valence-electron chi connectivity index (χ2n) is 8.17. The lowest BCUT2D eigenvalue weighted by Gasteiger charge is -2.32. The highest BCUT2D eigenvalue weighted by molar-refractivity contribution is 6.31. The normalized spacial score (nSPS) is 17.0. The minimum absolute atomic E-state index is 0.0837. The zero-order valence-corrected chi connectivity index (χ0v) is 18.6. The third-order valence-corrected chi connectivity index (χ3v) is 6.14. The molecule has 3 heterocycles. The van der Waals surface area contributed by atoms with E-state index in [1.54, 1.807) is 36.5 Å². The summed E-state index contributed by atoms with van der Waals surface area (Å²) in [5, 5.41) is 3.32. The summed E-state index contributed by atoms with van der Waals surface area (Å²) in [6.45, 7) is 5.55. The van der Waals surface area contributed by atoms with E-state index in [1.807, 2.05) is 0 Å². The number of nitrogens with one attached hydrogen (secondary N) is 1. The van der Waals surface area contributed by atoms with Gasteiger partial charge in [-0.25, -0.2) is 4.98 Å². The molecule has 2 aliphatic heterocycles. The van der Waals surface area contributed by atoms with Gasteiger partial charge in [-0.3, -0.25) is 14.5 Å². The number of hydrogen-bond donors (Lipinski definition) is 1. The molecule has 0 spiro atoms. The van der Waals surface area contributed by atoms with Gasteiger partial charge in [0.2, 0.25) is 5.91 Å². The lowest BCUT2D eigenvalue weighted by molar-refractivity contribution is -0.118. The van der Waals surface area contributed by atoms with E-state index in [0.29, 0.717) is 34.2 Å². The summed E-state index contributed by atoms with van der Waals surface area (Å²) in [6.07, 6.45) is 4.87. The first kappa shape index (κ1) is 21.7. The first-order valence-corrected chi connectivity index (χ1v) is 11.2. The molecule has 2 aliphatic rings. The number of carbonyl (C=O) groups is 2. The van der Waals surface area contributed by atoms with Gasteiger partial charge < -0.3 is 15.1 Å². The number of unbranched alkanes of at least 4 members (excludes halogenated alkanes) is 2. The molecule has 0 saturated carbocycles. The Morgan fingerprint density at radius 2 is 1.94 bits per heavy atom. The molecule has 164 valence electrons. The standard InChI is InChI=1S/C23H28ClN5O2/c1-27-12-14-28(15-13-27)11-4-2-3-7-21(30)29-20-16-17(24)8-9-18(20)23(31)26-19-6-5-10-25-22(19)29/h5-6,8-10,16H,2-4,7,11-15H2,1H3,(H,26,31). The summed E-state index contributed by atoms with van der Waals surface area (Å²) in [5.74, 6) is 0.0715. The molecule has 0 atom stereocenters. The van der Waals surface area contributed by atoms with Crippen LogP contribution in [0.2, 0.25) is 5.02 Å². The van der Waals surface area contributed by atoms with Crippen molar-refractivity contribution in [2.45, 2.75) is 25.7 Å². The Morgan fingerprint density at radius 3 is 2.74 bits per heavy atom. The van der Waals surface area contributed by atoms with Crippen LogP contribution in [0.15, 0.2) is 36.5 Å². The Hall–Kier alpha value is -2.48. The SMILES string of the molecule is CN1CCN(CCCCCC(=O)N2c3cc(Cl)ccc3C(=O)Nc3cccnc32)CC1. The molecule has 2 amide bonds. The molecule has 0 aliphatic carbocycles. The average molecular weight is 442 g/mol. The van der Waals surface area contributed by atoms with Crippen LogP contribution in [0.1, 0.15) is 36.0 Å². The molecule has 0 radical (unpaired) electrons. The summed E-state index contributed by atoms with van der Waals surface area (Å²) >= 11 is 6.21. The number of likely N-dealkylation sites (N-methyl/N-ethyl adjacent to an activating group) is 1. The first-order valence-electron chi connectivity index (χ1n) is 10.8. The lowest BCUT2D eigenvalue weighted by atomic mass is 10.1. The number of rotatable bonds is 6. The summed E-state index contributed by atoms with van der Waals surface area (Å²) in [5.41, 5.74) is 1.40. The molecule has 8 heteroatoms. The molecule has 1 saturated heterocycles. The van der Waals surface area contributed by atoms with E-state index in [2.05, 4.69) is 27.1 Å². The number of hydrogen-bond acceptors (Lipinski definition) is 5. The van der Waals surface area contributed by atoms with E-state index < -0.39 is 0 Å². The number of pyridine rings is 1. The van der Waals surface area contributed by atoms with Gasteiger partial charge in [-0.05, 0) is 56.8 Å². The van der Waals surface area contributed by atoms with E-state index in [4.69, 9.17) is 11.6 Å². The Labute approximate surface area is 188 Å². The van der Waals surface area contributed by atoms with Gasteiger partial charge in [-0.15, -0.1) is 0 Å². The zero-order valence-electron chi connectivity index (χ0n) is 17.8. The second-order valence-corrected chi connectivity index (χ2v) is 8.61. The Morgan fingerprint density at radius 1 is 1.13 bits per heavy atom. The fourth-order valence-electron chi connectivity index (χ4n) is 4.08. The predicted molar refractivity (Wildman–Crippen MR) is 123 cm³/mol. The number of nitrogens with zero attached hydrogens (tertiary/aromatic N) is 4. The quantitative estimate of drug-likeness (QED) is 0.691. The van der Waals surface area contributed by atoms with E-state index in [0.717, 1.165) is 52.0 Å². The van der Waals surface area contributed by atoms with Crippen LogP contribution in [0.3, 0.4) is 0 Å². The van der Waals surface area contributed by atoms with Crippen molar-refractivity contribution in [2.24, 2.45) is 0 Å². The molecule has 1 fully saturated rings. The number of halogens is 1. The number of benzene rings is 1. The van der Waals surface area contributed by atoms with Crippen molar-refractivity contribution < 1.29 is 9.59 Å². The van der Waals surface area contributed by atoms with Crippen LogP contribution in [-0.2, 0) is 4.79 Å². The van der Waals surface area contributed by atoms with Gasteiger partial charge in [0.1, 0.15) is 0 Å². The molecule has 4 rings (SSSR count). The molecule has 1 N–H and O–H groups in total. The number of piperazine rings is 1. The third kappa shape index (κ3) is 5.06. The van der Waals surface area contributed by atoms with Crippen LogP contribution < -0.4 is 10.2 Å². The zero-order chi connectivity index (χ0) is 21.8. The molecule has 7 nitrogen and oxygen atoms in total. The first-order chi connectivity index (χ1) is 15.0. The number of anilines is 3. The highest BCUT2D eigenvalue weighted by Gasteiger charge is 2.30. The Kier molecular flexibility index (Phi) is 6.85. The van der Waals surface area contributed by atoms with Gasteiger partial charge >= 0.3 is 0 Å². The summed E-state index contributed by atoms with van der Waals surface area (Å²) in [7, 11) is 2.16. The minimum atomic E-state index is -0.275. The van der Waals surface area contributed by atoms with Crippen LogP contribution in [0.5, 0.6) is 0 Å². The van der Waals surface area contributed by atoms with E-state index in [1.165, 1.54) is 4.90 Å². The van der Waals surface area contributed by atoms with Crippen molar-refractivity contribution in [3.63, 3.8) is 0 Å². The maximum Gasteiger partial charge on any atom is 0.257 e. The van der Waals surface area contributed by atoms with Crippen molar-refractivity contribution in [2.75, 3.05) is 50.0 Å². The van der Waals surface area contributed by atoms with Crippen molar-refractivity contribution in [1.29, 1.82) is 0 Å². The topological polar surface area (TPSA) is 68.8 Å². The molecule has 0 unspecified atom stereocenters. The number of fused-ring (bicyclic) bond motifs is 2. The van der Waals surface area contributed by atoms with Gasteiger partial charge in [-0.1, -0.05) is 18.0 Å². The fourth-order valence-corrected chi connectivity index (χ4v) is 4.25. The highest BCUT2D eigenvalue weighted by Crippen LogP contribution is 2.38. The molecule has 0 bridgehead atoms. The van der Waals surface area contributed by atoms with Crippen LogP contribution in [-0.4, -0.2) is 66.4 Å². The molecule has 1 aromatic carbocycles. The number of carbonyl (C=O) groups excluding carboxylic acids is 2. The second kappa shape index (κ2) is 9.77. The predicted octanol–water partition coefficient (Wildman–Crippen LogP) is 3.77. The Balaban J connectivity index is 1.43. The van der Waals surface area contributed by atoms with Crippen molar-refractivity contribution in [3.05, 3.63) is 47.1 Å². The smallest absolute Gasteiger partial charge is 0.257 e. The van der Waals surface area contributed by atoms with E-state index in [-0.39, 0.29) is 11.8 Å². The monoisotopic (exact) mass is 441 g/mol. The van der Waals surface area contributed by atoms with E-state index in [9.17, 15) is 9.59 Å². The minimum Gasteiger partial charge on any atom is -0.319 e. The third-order valence-electron chi connectivity index (χ3n) is 5.90. The number of amides is 2. The van der Waals surface area contributed by atoms with Crippen LogP contribution in [0.4, 0.5) is 17.2 Å². The van der Waals surface area contributed by atoms with Crippen LogP contribution in [0.25, 0.3) is 0 Å². The van der Waals surface area contributed by atoms with Gasteiger partial charge in [0.25, 0.3) is 5.91 Å². The van der Waals surface area contributed by atoms with Gasteiger partial charge in [0.15, 0.2) is 5.82 Å². The van der Waals surface area contributed by atoms with Gasteiger partial charge in [0, 0.05) is 43.8 Å². The van der Waals surface area contributed by atoms with Crippen molar-refractivity contribution in [3.8, 4) is 0 Å². The summed E-state index contributed by atoms with van der Waals surface area (Å²) in [4.78, 5) is 36.7. The summed E-state index contributed by atoms with van der Waals surface area (Å²) in [6, 6.07) is 8.46. The van der Waals surface area contributed by atoms with Crippen LogP contribution >= 0.6 is 11.6 Å². The van der Waals surface area contributed by atoms with Crippen LogP contribution in [0, 0.1) is 0 Å². The maximum atomic E-state index is 13.3. The lowest BCUT2D eigenvalue weighted by Crippen LogP contribution is -2.44. The largest absolute Gasteiger partial charge is 0.319 e.